The molecule has 0 atom stereocenters. The molecular weight excluding hydrogens is 293 g/mol. The normalized spacial score (nSPS) is 10.9. The van der Waals surface area contributed by atoms with Crippen molar-refractivity contribution in [2.24, 2.45) is 0 Å². The van der Waals surface area contributed by atoms with Gasteiger partial charge in [0.25, 0.3) is 0 Å². The topological polar surface area (TPSA) is 42.2 Å². The van der Waals surface area contributed by atoms with E-state index in [2.05, 4.69) is 0 Å². The van der Waals surface area contributed by atoms with Crippen LogP contribution in [0.15, 0.2) is 53.3 Å². The van der Waals surface area contributed by atoms with Crippen molar-refractivity contribution in [2.75, 3.05) is 0 Å². The maximum absolute atomic E-state index is 12.2. The molecule has 0 amide bonds. The first-order chi connectivity index (χ1) is 8.74. The van der Waals surface area contributed by atoms with Gasteiger partial charge >= 0.3 is 110 Å². The zero-order valence-electron chi connectivity index (χ0n) is 9.54. The van der Waals surface area contributed by atoms with Crippen molar-refractivity contribution in [3.05, 3.63) is 64.4 Å². The zero-order valence-corrected chi connectivity index (χ0v) is 11.2. The van der Waals surface area contributed by atoms with Crippen LogP contribution in [0.1, 0.15) is 5.56 Å². The molecule has 18 heavy (non-hydrogen) atoms. The van der Waals surface area contributed by atoms with E-state index in [1.54, 1.807) is 12.1 Å². The molecule has 1 N–H and O–H groups in total. The van der Waals surface area contributed by atoms with Crippen LogP contribution in [-0.4, -0.2) is 23.4 Å². The van der Waals surface area contributed by atoms with Gasteiger partial charge in [-0.3, -0.25) is 0 Å². The predicted molar refractivity (Wildman–Crippen MR) is 72.4 cm³/mol. The summed E-state index contributed by atoms with van der Waals surface area (Å²) in [7, 11) is 0. The number of hydrogen-bond donors (Lipinski definition) is 1. The molecule has 3 rings (SSSR count). The Morgan fingerprint density at radius 3 is 2.67 bits per heavy atom. The summed E-state index contributed by atoms with van der Waals surface area (Å²) < 4.78 is 2.90. The SMILES string of the molecule is O=c1c2cc(O)ccc2[se]n1Cc1ccccc1. The van der Waals surface area contributed by atoms with Crippen LogP contribution in [0.25, 0.3) is 9.65 Å². The number of aromatic hydroxyl groups is 1. The summed E-state index contributed by atoms with van der Waals surface area (Å²) in [6, 6.07) is 15.0. The Morgan fingerprint density at radius 1 is 1.11 bits per heavy atom. The van der Waals surface area contributed by atoms with Crippen LogP contribution in [0.2, 0.25) is 0 Å². The molecule has 3 nitrogen and oxygen atoms in total. The van der Waals surface area contributed by atoms with Gasteiger partial charge in [-0.1, -0.05) is 0 Å². The van der Waals surface area contributed by atoms with Gasteiger partial charge < -0.3 is 0 Å². The van der Waals surface area contributed by atoms with Crippen LogP contribution in [0.4, 0.5) is 0 Å². The fraction of sp³-hybridized carbons (Fsp3) is 0.0714. The van der Waals surface area contributed by atoms with Crippen LogP contribution >= 0.6 is 0 Å². The molecule has 0 saturated carbocycles. The average Bonchev–Trinajstić information content (AvgIpc) is 2.68. The van der Waals surface area contributed by atoms with Gasteiger partial charge in [0.1, 0.15) is 0 Å². The monoisotopic (exact) mass is 305 g/mol. The fourth-order valence-corrected chi connectivity index (χ4v) is 4.02. The molecule has 0 fully saturated rings. The number of phenolic OH excluding ortho intramolecular Hbond substituents is 1. The van der Waals surface area contributed by atoms with Crippen molar-refractivity contribution in [2.45, 2.75) is 6.54 Å². The van der Waals surface area contributed by atoms with Crippen molar-refractivity contribution < 1.29 is 5.11 Å². The Labute approximate surface area is 110 Å². The Balaban J connectivity index is 2.08. The molecule has 0 radical (unpaired) electrons. The predicted octanol–water partition coefficient (Wildman–Crippen LogP) is 1.81. The Bertz CT molecular complexity index is 743. The van der Waals surface area contributed by atoms with Gasteiger partial charge in [0, 0.05) is 0 Å². The van der Waals surface area contributed by atoms with Gasteiger partial charge in [0.15, 0.2) is 0 Å². The van der Waals surface area contributed by atoms with Gasteiger partial charge in [-0.25, -0.2) is 0 Å². The second kappa shape index (κ2) is 4.48. The van der Waals surface area contributed by atoms with E-state index in [-0.39, 0.29) is 26.0 Å². The molecule has 90 valence electrons. The minimum absolute atomic E-state index is 0.00988. The van der Waals surface area contributed by atoms with Crippen molar-refractivity contribution in [3.63, 3.8) is 0 Å². The second-order valence-corrected chi connectivity index (χ2v) is 6.33. The van der Waals surface area contributed by atoms with Crippen molar-refractivity contribution in [1.29, 1.82) is 0 Å². The number of phenols is 1. The molecule has 0 aliphatic heterocycles. The number of aromatic nitrogens is 1. The average molecular weight is 304 g/mol. The summed E-state index contributed by atoms with van der Waals surface area (Å²) in [4.78, 5) is 12.2. The molecule has 0 aliphatic rings. The third kappa shape index (κ3) is 2.01. The third-order valence-electron chi connectivity index (χ3n) is 2.80. The molecule has 0 saturated heterocycles. The summed E-state index contributed by atoms with van der Waals surface area (Å²) in [5, 5.41) is 10.1. The van der Waals surface area contributed by atoms with E-state index in [9.17, 15) is 9.90 Å². The van der Waals surface area contributed by atoms with Gasteiger partial charge in [-0.05, 0) is 0 Å². The van der Waals surface area contributed by atoms with Crippen LogP contribution in [0, 0.1) is 0 Å². The van der Waals surface area contributed by atoms with E-state index < -0.39 is 0 Å². The zero-order chi connectivity index (χ0) is 12.5. The minimum atomic E-state index is 0.00988. The van der Waals surface area contributed by atoms with E-state index in [4.69, 9.17) is 0 Å². The van der Waals surface area contributed by atoms with E-state index in [1.807, 2.05) is 40.0 Å². The molecule has 3 aromatic rings. The first-order valence-corrected chi connectivity index (χ1v) is 7.23. The molecule has 0 unspecified atom stereocenters. The van der Waals surface area contributed by atoms with E-state index in [1.165, 1.54) is 0 Å². The summed E-state index contributed by atoms with van der Waals surface area (Å²) >= 11 is 0.00988. The summed E-state index contributed by atoms with van der Waals surface area (Å²) in [5.74, 6) is 0.152. The maximum atomic E-state index is 12.2. The standard InChI is InChI=1S/C14H11NO2Se/c16-11-6-7-13-12(8-11)14(17)15(18-13)9-10-4-2-1-3-5-10/h1-8,16H,9H2. The number of nitrogens with zero attached hydrogens (tertiary/aromatic N) is 1. The van der Waals surface area contributed by atoms with Crippen LogP contribution < -0.4 is 5.56 Å². The van der Waals surface area contributed by atoms with Crippen LogP contribution in [0.5, 0.6) is 5.75 Å². The quantitative estimate of drug-likeness (QED) is 0.734. The molecular formula is C14H11NO2Se. The van der Waals surface area contributed by atoms with Crippen LogP contribution in [-0.2, 0) is 6.54 Å². The second-order valence-electron chi connectivity index (χ2n) is 4.10. The van der Waals surface area contributed by atoms with Gasteiger partial charge in [0.2, 0.25) is 0 Å². The van der Waals surface area contributed by atoms with E-state index in [0.29, 0.717) is 11.9 Å². The first-order valence-electron chi connectivity index (χ1n) is 5.61. The fourth-order valence-electron chi connectivity index (χ4n) is 1.91. The van der Waals surface area contributed by atoms with Gasteiger partial charge in [0.05, 0.1) is 0 Å². The molecule has 1 heterocycles. The third-order valence-corrected chi connectivity index (χ3v) is 5.04. The molecule has 0 spiro atoms. The Kier molecular flexibility index (Phi) is 2.82. The molecule has 0 bridgehead atoms. The van der Waals surface area contributed by atoms with Crippen molar-refractivity contribution >= 4 is 24.4 Å². The van der Waals surface area contributed by atoms with Gasteiger partial charge in [-0.2, -0.15) is 0 Å². The molecule has 1 aromatic heterocycles. The summed E-state index contributed by atoms with van der Waals surface area (Å²) in [6.45, 7) is 0.634. The van der Waals surface area contributed by atoms with Gasteiger partial charge in [-0.15, -0.1) is 0 Å². The molecule has 2 aromatic carbocycles. The van der Waals surface area contributed by atoms with E-state index >= 15 is 0 Å². The number of fused-ring (bicyclic) bond motifs is 1. The summed E-state index contributed by atoms with van der Waals surface area (Å²) in [6.07, 6.45) is 0. The first kappa shape index (κ1) is 11.3. The molecule has 4 heteroatoms. The Morgan fingerprint density at radius 2 is 1.89 bits per heavy atom. The number of hydrogen-bond acceptors (Lipinski definition) is 2. The number of rotatable bonds is 2. The Hall–Kier alpha value is -1.77. The van der Waals surface area contributed by atoms with E-state index in [0.717, 1.165) is 9.82 Å². The van der Waals surface area contributed by atoms with Crippen molar-refractivity contribution in [1.82, 2.24) is 3.56 Å². The number of benzene rings is 2. The van der Waals surface area contributed by atoms with Crippen molar-refractivity contribution in [3.8, 4) is 5.75 Å². The summed E-state index contributed by atoms with van der Waals surface area (Å²) in [5.41, 5.74) is 1.15. The molecule has 0 aliphatic carbocycles. The van der Waals surface area contributed by atoms with Crippen LogP contribution in [0.3, 0.4) is 0 Å².